The van der Waals surface area contributed by atoms with Gasteiger partial charge in [0, 0.05) is 36.7 Å². The molecule has 128 valence electrons. The van der Waals surface area contributed by atoms with Crippen molar-refractivity contribution in [3.8, 4) is 0 Å². The summed E-state index contributed by atoms with van der Waals surface area (Å²) in [4.78, 5) is 13.6. The summed E-state index contributed by atoms with van der Waals surface area (Å²) < 4.78 is 39.3. The third kappa shape index (κ3) is 3.69. The molecule has 0 radical (unpaired) electrons. The van der Waals surface area contributed by atoms with Crippen LogP contribution in [-0.4, -0.2) is 35.2 Å². The van der Waals surface area contributed by atoms with Crippen molar-refractivity contribution in [1.82, 2.24) is 15.5 Å². The van der Waals surface area contributed by atoms with E-state index in [9.17, 15) is 18.0 Å². The molecule has 3 rings (SSSR count). The van der Waals surface area contributed by atoms with Gasteiger partial charge in [-0.25, -0.2) is 0 Å². The van der Waals surface area contributed by atoms with Crippen molar-refractivity contribution in [3.05, 3.63) is 47.8 Å². The van der Waals surface area contributed by atoms with E-state index in [4.69, 9.17) is 0 Å². The number of H-pyrrole nitrogens is 1. The molecule has 0 saturated carbocycles. The second-order valence-electron chi connectivity index (χ2n) is 5.77. The van der Waals surface area contributed by atoms with Gasteiger partial charge in [0.2, 0.25) is 5.91 Å². The number of carbonyl (C=O) groups is 1. The Morgan fingerprint density at radius 2 is 2.12 bits per heavy atom. The fourth-order valence-electron chi connectivity index (χ4n) is 2.92. The van der Waals surface area contributed by atoms with Gasteiger partial charge in [0.1, 0.15) is 0 Å². The summed E-state index contributed by atoms with van der Waals surface area (Å²) in [5.41, 5.74) is 0.217. The Bertz CT molecular complexity index is 700. The number of aromatic nitrogens is 2. The lowest BCUT2D eigenvalue weighted by Gasteiger charge is -2.23. The molecule has 1 amide bonds. The summed E-state index contributed by atoms with van der Waals surface area (Å²) in [5.74, 6) is -0.171. The molecule has 1 fully saturated rings. The molecule has 1 saturated heterocycles. The highest BCUT2D eigenvalue weighted by Gasteiger charge is 2.36. The van der Waals surface area contributed by atoms with Gasteiger partial charge in [0.15, 0.2) is 0 Å². The molecule has 2 heterocycles. The maximum Gasteiger partial charge on any atom is 0.418 e. The van der Waals surface area contributed by atoms with Gasteiger partial charge in [0.25, 0.3) is 0 Å². The van der Waals surface area contributed by atoms with Gasteiger partial charge < -0.3 is 10.2 Å². The molecule has 8 heteroatoms. The molecule has 1 aromatic heterocycles. The number of aromatic amines is 1. The molecular formula is C16H17F3N4O. The van der Waals surface area contributed by atoms with Crippen molar-refractivity contribution >= 4 is 11.6 Å². The number of benzene rings is 1. The zero-order valence-electron chi connectivity index (χ0n) is 12.8. The Balaban J connectivity index is 1.63. The van der Waals surface area contributed by atoms with Crippen LogP contribution < -0.4 is 10.2 Å². The number of halogens is 3. The molecule has 1 atom stereocenters. The van der Waals surface area contributed by atoms with Crippen molar-refractivity contribution in [1.29, 1.82) is 0 Å². The zero-order chi connectivity index (χ0) is 17.2. The number of alkyl halides is 3. The first-order valence-corrected chi connectivity index (χ1v) is 7.62. The van der Waals surface area contributed by atoms with Crippen LogP contribution in [0.15, 0.2) is 36.5 Å². The van der Waals surface area contributed by atoms with Crippen molar-refractivity contribution in [2.45, 2.75) is 25.1 Å². The Hall–Kier alpha value is -2.51. The first-order valence-electron chi connectivity index (χ1n) is 7.62. The number of rotatable bonds is 4. The Morgan fingerprint density at radius 1 is 1.33 bits per heavy atom. The highest BCUT2D eigenvalue weighted by Crippen LogP contribution is 2.37. The van der Waals surface area contributed by atoms with E-state index < -0.39 is 11.7 Å². The number of carbonyl (C=O) groups excluding carboxylic acids is 1. The number of amides is 1. The van der Waals surface area contributed by atoms with E-state index in [2.05, 4.69) is 15.5 Å². The van der Waals surface area contributed by atoms with Gasteiger partial charge >= 0.3 is 6.18 Å². The lowest BCUT2D eigenvalue weighted by Crippen LogP contribution is -2.38. The van der Waals surface area contributed by atoms with Gasteiger partial charge in [-0.1, -0.05) is 12.1 Å². The Kier molecular flexibility index (Phi) is 4.46. The van der Waals surface area contributed by atoms with Crippen LogP contribution in [0, 0.1) is 0 Å². The van der Waals surface area contributed by atoms with Gasteiger partial charge in [-0.05, 0) is 24.6 Å². The first-order chi connectivity index (χ1) is 11.4. The predicted octanol–water partition coefficient (Wildman–Crippen LogP) is 2.37. The van der Waals surface area contributed by atoms with Gasteiger partial charge in [0.05, 0.1) is 12.0 Å². The lowest BCUT2D eigenvalue weighted by atomic mass is 10.1. The van der Waals surface area contributed by atoms with E-state index in [-0.39, 0.29) is 24.1 Å². The van der Waals surface area contributed by atoms with Crippen LogP contribution >= 0.6 is 0 Å². The molecule has 24 heavy (non-hydrogen) atoms. The Morgan fingerprint density at radius 3 is 2.83 bits per heavy atom. The van der Waals surface area contributed by atoms with Crippen molar-refractivity contribution < 1.29 is 18.0 Å². The molecule has 1 aliphatic rings. The largest absolute Gasteiger partial charge is 0.418 e. The fourth-order valence-corrected chi connectivity index (χ4v) is 2.92. The quantitative estimate of drug-likeness (QED) is 0.900. The van der Waals surface area contributed by atoms with Crippen LogP contribution in [-0.2, 0) is 17.4 Å². The molecule has 2 aromatic rings. The van der Waals surface area contributed by atoms with Crippen molar-refractivity contribution in [3.63, 3.8) is 0 Å². The highest BCUT2D eigenvalue weighted by molar-refractivity contribution is 5.78. The Labute approximate surface area is 136 Å². The van der Waals surface area contributed by atoms with Crippen LogP contribution in [0.3, 0.4) is 0 Å². The maximum atomic E-state index is 13.1. The van der Waals surface area contributed by atoms with Crippen LogP contribution in [0.4, 0.5) is 18.9 Å². The van der Waals surface area contributed by atoms with E-state index in [0.717, 1.165) is 6.07 Å². The third-order valence-electron chi connectivity index (χ3n) is 4.01. The first kappa shape index (κ1) is 16.4. The summed E-state index contributed by atoms with van der Waals surface area (Å²) in [5, 5.41) is 9.34. The molecule has 2 N–H and O–H groups in total. The van der Waals surface area contributed by atoms with Crippen LogP contribution in [0.25, 0.3) is 0 Å². The minimum atomic E-state index is -4.39. The second kappa shape index (κ2) is 6.54. The van der Waals surface area contributed by atoms with Gasteiger partial charge in [-0.2, -0.15) is 18.3 Å². The van der Waals surface area contributed by atoms with Crippen LogP contribution in [0.1, 0.15) is 17.7 Å². The average Bonchev–Trinajstić information content (AvgIpc) is 3.18. The molecule has 0 spiro atoms. The summed E-state index contributed by atoms with van der Waals surface area (Å²) in [7, 11) is 0. The normalized spacial score (nSPS) is 18.0. The number of nitrogens with zero attached hydrogens (tertiary/aromatic N) is 2. The average molecular weight is 338 g/mol. The van der Waals surface area contributed by atoms with E-state index in [1.165, 1.54) is 12.1 Å². The monoisotopic (exact) mass is 338 g/mol. The highest BCUT2D eigenvalue weighted by atomic mass is 19.4. The third-order valence-corrected chi connectivity index (χ3v) is 4.01. The minimum absolute atomic E-state index is 0.162. The number of anilines is 1. The molecule has 0 bridgehead atoms. The smallest absolute Gasteiger partial charge is 0.369 e. The number of hydrogen-bond acceptors (Lipinski definition) is 3. The van der Waals surface area contributed by atoms with E-state index in [1.807, 2.05) is 0 Å². The second-order valence-corrected chi connectivity index (χ2v) is 5.77. The summed E-state index contributed by atoms with van der Waals surface area (Å²) in [6, 6.07) is 7.07. The molecular weight excluding hydrogens is 321 g/mol. The van der Waals surface area contributed by atoms with Crippen molar-refractivity contribution in [2.24, 2.45) is 0 Å². The molecule has 1 aromatic carbocycles. The van der Waals surface area contributed by atoms with E-state index >= 15 is 0 Å². The number of para-hydroxylation sites is 1. The molecule has 1 aliphatic heterocycles. The number of hydrogen-bond donors (Lipinski definition) is 2. The molecule has 0 unspecified atom stereocenters. The summed E-state index contributed by atoms with van der Waals surface area (Å²) >= 11 is 0. The number of nitrogens with one attached hydrogen (secondary N) is 2. The van der Waals surface area contributed by atoms with E-state index in [1.54, 1.807) is 23.2 Å². The van der Waals surface area contributed by atoms with Crippen LogP contribution in [0.5, 0.6) is 0 Å². The van der Waals surface area contributed by atoms with Crippen LogP contribution in [0.2, 0.25) is 0 Å². The zero-order valence-corrected chi connectivity index (χ0v) is 12.8. The minimum Gasteiger partial charge on any atom is -0.369 e. The van der Waals surface area contributed by atoms with Gasteiger partial charge in [-0.15, -0.1) is 0 Å². The van der Waals surface area contributed by atoms with Crippen molar-refractivity contribution in [2.75, 3.05) is 18.0 Å². The lowest BCUT2D eigenvalue weighted by molar-refractivity contribution is -0.137. The van der Waals surface area contributed by atoms with E-state index in [0.29, 0.717) is 25.2 Å². The maximum absolute atomic E-state index is 13.1. The molecule has 5 nitrogen and oxygen atoms in total. The summed E-state index contributed by atoms with van der Waals surface area (Å²) in [6.45, 7) is 0.837. The standard InChI is InChI=1S/C16H17F3N4O/c17-16(18,19)13-3-1-2-4-14(13)23-8-6-12(10-23)21-15(24)9-11-5-7-20-22-11/h1-5,7,12H,6,8-10H2,(H,20,22)(H,21,24)/t12-/m1/s1. The topological polar surface area (TPSA) is 61.0 Å². The fraction of sp³-hybridized carbons (Fsp3) is 0.375. The predicted molar refractivity (Wildman–Crippen MR) is 82.5 cm³/mol. The summed E-state index contributed by atoms with van der Waals surface area (Å²) in [6.07, 6.45) is -2.04. The SMILES string of the molecule is O=C(Cc1ccn[nH]1)N[C@@H]1CCN(c2ccccc2C(F)(F)F)C1. The molecule has 0 aliphatic carbocycles. The van der Waals surface area contributed by atoms with Gasteiger partial charge in [-0.3, -0.25) is 9.89 Å².